The monoisotopic (exact) mass is 515 g/mol. The van der Waals surface area contributed by atoms with Crippen LogP contribution in [0.3, 0.4) is 0 Å². The summed E-state index contributed by atoms with van der Waals surface area (Å²) in [5.74, 6) is 4.57. The summed E-state index contributed by atoms with van der Waals surface area (Å²) in [7, 11) is -1.70. The molecular weight excluding hydrogens is 491 g/mol. The van der Waals surface area contributed by atoms with Gasteiger partial charge in [-0.1, -0.05) is 11.8 Å². The molecule has 0 bridgehead atoms. The van der Waals surface area contributed by atoms with Crippen molar-refractivity contribution in [1.29, 1.82) is 0 Å². The zero-order chi connectivity index (χ0) is 26.2. The summed E-state index contributed by atoms with van der Waals surface area (Å²) in [6, 6.07) is 6.47. The van der Waals surface area contributed by atoms with E-state index in [9.17, 15) is 26.4 Å². The van der Waals surface area contributed by atoms with Gasteiger partial charge in [-0.2, -0.15) is 13.2 Å². The maximum atomic E-state index is 13.2. The van der Waals surface area contributed by atoms with E-state index in [1.165, 1.54) is 39.3 Å². The number of rotatable bonds is 9. The topological polar surface area (TPSA) is 100 Å². The highest BCUT2D eigenvalue weighted by Gasteiger charge is 2.31. The average Bonchev–Trinajstić information content (AvgIpc) is 2.81. The number of nitrogens with one attached hydrogen (secondary N) is 1. The molecule has 0 heterocycles. The Morgan fingerprint density at radius 3 is 2.43 bits per heavy atom. The standard InChI is InChI=1S/C23H24F3NO7S/c1-5-33-22(28)15(2)34-12-6-7-16-13-17(23(24,25)26)8-10-19(16)27-35(29,30)21-14-18(31-3)9-11-20(21)32-4/h8-11,13-15,27H,5,12H2,1-4H3. The fourth-order valence-electron chi connectivity index (χ4n) is 2.73. The van der Waals surface area contributed by atoms with Crippen molar-refractivity contribution >= 4 is 21.7 Å². The molecule has 2 aromatic rings. The number of hydrogen-bond acceptors (Lipinski definition) is 7. The fraction of sp³-hybridized carbons (Fsp3) is 0.348. The molecule has 2 rings (SSSR count). The minimum absolute atomic E-state index is 0.000742. The normalized spacial score (nSPS) is 12.2. The number of halogens is 3. The van der Waals surface area contributed by atoms with Gasteiger partial charge < -0.3 is 18.9 Å². The number of sulfonamides is 1. The number of alkyl halides is 3. The second-order valence-electron chi connectivity index (χ2n) is 6.89. The summed E-state index contributed by atoms with van der Waals surface area (Å²) in [6.07, 6.45) is -5.62. The summed E-state index contributed by atoms with van der Waals surface area (Å²) in [5, 5.41) is 0. The third kappa shape index (κ3) is 7.53. The third-order valence-corrected chi connectivity index (χ3v) is 5.89. The van der Waals surface area contributed by atoms with Gasteiger partial charge in [0.15, 0.2) is 6.10 Å². The second-order valence-corrected chi connectivity index (χ2v) is 8.54. The lowest BCUT2D eigenvalue weighted by atomic mass is 10.1. The van der Waals surface area contributed by atoms with Crippen molar-refractivity contribution in [3.63, 3.8) is 0 Å². The number of anilines is 1. The highest BCUT2D eigenvalue weighted by atomic mass is 32.2. The first kappa shape index (κ1) is 27.8. The molecule has 0 aromatic heterocycles. The molecule has 0 aliphatic rings. The summed E-state index contributed by atoms with van der Waals surface area (Å²) < 4.78 is 88.2. The first-order chi connectivity index (χ1) is 16.4. The van der Waals surface area contributed by atoms with Gasteiger partial charge in [0.1, 0.15) is 23.0 Å². The number of esters is 1. The van der Waals surface area contributed by atoms with Crippen molar-refractivity contribution in [3.05, 3.63) is 47.5 Å². The Kier molecular flexibility index (Phi) is 9.39. The molecule has 0 saturated heterocycles. The lowest BCUT2D eigenvalue weighted by Crippen LogP contribution is -2.23. The number of carbonyl (C=O) groups excluding carboxylic acids is 1. The van der Waals surface area contributed by atoms with Gasteiger partial charge >= 0.3 is 12.1 Å². The van der Waals surface area contributed by atoms with E-state index in [4.69, 9.17) is 18.9 Å². The van der Waals surface area contributed by atoms with Crippen LogP contribution in [0.5, 0.6) is 11.5 Å². The van der Waals surface area contributed by atoms with Gasteiger partial charge in [-0.15, -0.1) is 0 Å². The fourth-order valence-corrected chi connectivity index (χ4v) is 4.00. The van der Waals surface area contributed by atoms with Crippen molar-refractivity contribution in [2.75, 3.05) is 32.2 Å². The van der Waals surface area contributed by atoms with Gasteiger partial charge in [-0.05, 0) is 44.2 Å². The zero-order valence-corrected chi connectivity index (χ0v) is 20.2. The molecule has 12 heteroatoms. The number of benzene rings is 2. The maximum absolute atomic E-state index is 13.2. The maximum Gasteiger partial charge on any atom is 0.416 e. The van der Waals surface area contributed by atoms with Crippen molar-refractivity contribution in [2.24, 2.45) is 0 Å². The molecule has 0 spiro atoms. The first-order valence-electron chi connectivity index (χ1n) is 10.2. The Hall–Kier alpha value is -3.43. The molecule has 0 fully saturated rings. The number of hydrogen-bond donors (Lipinski definition) is 1. The number of carbonyl (C=O) groups is 1. The van der Waals surface area contributed by atoms with Crippen molar-refractivity contribution in [1.82, 2.24) is 0 Å². The first-order valence-corrected chi connectivity index (χ1v) is 11.6. The molecular formula is C23H24F3NO7S. The zero-order valence-electron chi connectivity index (χ0n) is 19.4. The molecule has 0 radical (unpaired) electrons. The van der Waals surface area contributed by atoms with Crippen LogP contribution in [0.1, 0.15) is 25.0 Å². The largest absolute Gasteiger partial charge is 0.497 e. The molecule has 2 aromatic carbocycles. The van der Waals surface area contributed by atoms with Crippen molar-refractivity contribution in [2.45, 2.75) is 31.0 Å². The Morgan fingerprint density at radius 1 is 1.11 bits per heavy atom. The van der Waals surface area contributed by atoms with Crippen LogP contribution < -0.4 is 14.2 Å². The van der Waals surface area contributed by atoms with Crippen molar-refractivity contribution < 1.29 is 45.3 Å². The minimum Gasteiger partial charge on any atom is -0.497 e. The summed E-state index contributed by atoms with van der Waals surface area (Å²) in [4.78, 5) is 11.3. The van der Waals surface area contributed by atoms with Gasteiger partial charge in [-0.25, -0.2) is 13.2 Å². The van der Waals surface area contributed by atoms with Gasteiger partial charge in [0.25, 0.3) is 10.0 Å². The van der Waals surface area contributed by atoms with Crippen LogP contribution in [0, 0.1) is 11.8 Å². The van der Waals surface area contributed by atoms with Crippen molar-refractivity contribution in [3.8, 4) is 23.3 Å². The quantitative estimate of drug-likeness (QED) is 0.400. The minimum atomic E-state index is -4.68. The summed E-state index contributed by atoms with van der Waals surface area (Å²) in [6.45, 7) is 2.91. The van der Waals surface area contributed by atoms with Gasteiger partial charge in [0, 0.05) is 11.6 Å². The van der Waals surface area contributed by atoms with Crippen LogP contribution in [0.2, 0.25) is 0 Å². The average molecular weight is 516 g/mol. The molecule has 1 atom stereocenters. The van der Waals surface area contributed by atoms with Crippen LogP contribution in [-0.2, 0) is 30.5 Å². The number of ether oxygens (including phenoxy) is 4. The highest BCUT2D eigenvalue weighted by Crippen LogP contribution is 2.34. The third-order valence-electron chi connectivity index (χ3n) is 4.50. The SMILES string of the molecule is CCOC(=O)C(C)OCC#Cc1cc(C(F)(F)F)ccc1NS(=O)(=O)c1cc(OC)ccc1OC. The molecule has 35 heavy (non-hydrogen) atoms. The Morgan fingerprint density at radius 2 is 1.83 bits per heavy atom. The van der Waals surface area contributed by atoms with Gasteiger partial charge in [0.05, 0.1) is 32.1 Å². The molecule has 0 aliphatic heterocycles. The lowest BCUT2D eigenvalue weighted by Gasteiger charge is -2.15. The van der Waals surface area contributed by atoms with E-state index in [1.807, 2.05) is 0 Å². The van der Waals surface area contributed by atoms with Crippen LogP contribution in [0.25, 0.3) is 0 Å². The molecule has 0 aliphatic carbocycles. The van der Waals surface area contributed by atoms with E-state index in [2.05, 4.69) is 16.6 Å². The van der Waals surface area contributed by atoms with Crippen LogP contribution >= 0.6 is 0 Å². The van der Waals surface area contributed by atoms with E-state index < -0.39 is 33.8 Å². The Bertz CT molecular complexity index is 1220. The van der Waals surface area contributed by atoms with E-state index in [-0.39, 0.29) is 40.9 Å². The van der Waals surface area contributed by atoms with Crippen LogP contribution in [0.4, 0.5) is 18.9 Å². The smallest absolute Gasteiger partial charge is 0.416 e. The second kappa shape index (κ2) is 11.8. The van der Waals surface area contributed by atoms with E-state index in [1.54, 1.807) is 6.92 Å². The Labute approximate surface area is 201 Å². The molecule has 0 amide bonds. The Balaban J connectivity index is 2.40. The van der Waals surface area contributed by atoms with E-state index >= 15 is 0 Å². The molecule has 190 valence electrons. The van der Waals surface area contributed by atoms with Crippen LogP contribution in [0.15, 0.2) is 41.3 Å². The predicted molar refractivity (Wildman–Crippen MR) is 121 cm³/mol. The van der Waals surface area contributed by atoms with E-state index in [0.29, 0.717) is 6.07 Å². The highest BCUT2D eigenvalue weighted by molar-refractivity contribution is 7.92. The molecule has 1 unspecified atom stereocenters. The summed E-state index contributed by atoms with van der Waals surface area (Å²) in [5.41, 5.74) is -1.48. The van der Waals surface area contributed by atoms with Crippen LogP contribution in [-0.4, -0.2) is 47.9 Å². The van der Waals surface area contributed by atoms with Gasteiger partial charge in [-0.3, -0.25) is 4.72 Å². The molecule has 8 nitrogen and oxygen atoms in total. The van der Waals surface area contributed by atoms with Gasteiger partial charge in [0.2, 0.25) is 0 Å². The predicted octanol–water partition coefficient (Wildman–Crippen LogP) is 3.84. The molecule has 1 N–H and O–H groups in total. The molecule has 0 saturated carbocycles. The number of methoxy groups -OCH3 is 2. The van der Waals surface area contributed by atoms with E-state index in [0.717, 1.165) is 12.1 Å². The summed E-state index contributed by atoms with van der Waals surface area (Å²) >= 11 is 0. The lowest BCUT2D eigenvalue weighted by molar-refractivity contribution is -0.154.